The Balaban J connectivity index is 2.04. The maximum absolute atomic E-state index is 12.5. The van der Waals surface area contributed by atoms with Gasteiger partial charge in [0.15, 0.2) is 11.5 Å². The van der Waals surface area contributed by atoms with E-state index in [-0.39, 0.29) is 36.7 Å². The Morgan fingerprint density at radius 1 is 0.738 bits per heavy atom. The van der Waals surface area contributed by atoms with Gasteiger partial charge in [0.25, 0.3) is 0 Å². The Morgan fingerprint density at radius 2 is 1.31 bits per heavy atom. The number of carbonyl (C=O) groups is 4. The molecule has 4 atom stereocenters. The maximum atomic E-state index is 12.5. The first-order valence-corrected chi connectivity index (χ1v) is 14.1. The van der Waals surface area contributed by atoms with Crippen LogP contribution < -0.4 is 15.2 Å². The van der Waals surface area contributed by atoms with E-state index < -0.39 is 36.4 Å². The smallest absolute Gasteiger partial charge is 0.461 e. The molecule has 2 unspecified atom stereocenters. The number of nitrogens with two attached hydrogens (primary N) is 1. The molecule has 2 aromatic carbocycles. The van der Waals surface area contributed by atoms with Crippen LogP contribution in [0.4, 0.5) is 9.59 Å². The van der Waals surface area contributed by atoms with Gasteiger partial charge in [-0.1, -0.05) is 51.0 Å². The first kappa shape index (κ1) is 34.1. The molecule has 2 N–H and O–H groups in total. The van der Waals surface area contributed by atoms with Crippen LogP contribution in [-0.2, 0) is 30.2 Å². The van der Waals surface area contributed by atoms with Crippen LogP contribution >= 0.6 is 0 Å². The minimum absolute atomic E-state index is 0.00687. The van der Waals surface area contributed by atoms with Crippen LogP contribution in [-0.4, -0.2) is 55.2 Å². The predicted molar refractivity (Wildman–Crippen MR) is 153 cm³/mol. The Kier molecular flexibility index (Phi) is 14.3. The molecular weight excluding hydrogens is 546 g/mol. The molecule has 11 heteroatoms. The van der Waals surface area contributed by atoms with Gasteiger partial charge in [0.2, 0.25) is 0 Å². The second kappa shape index (κ2) is 17.6. The van der Waals surface area contributed by atoms with Gasteiger partial charge in [0, 0.05) is 0 Å². The third-order valence-corrected chi connectivity index (χ3v) is 5.92. The lowest BCUT2D eigenvalue weighted by Crippen LogP contribution is -2.36. The van der Waals surface area contributed by atoms with E-state index >= 15 is 0 Å². The van der Waals surface area contributed by atoms with Gasteiger partial charge in [-0.05, 0) is 69.9 Å². The number of rotatable bonds is 15. The summed E-state index contributed by atoms with van der Waals surface area (Å²) in [5.41, 5.74) is 6.93. The Hall–Kier alpha value is -4.12. The summed E-state index contributed by atoms with van der Waals surface area (Å²) in [5.74, 6) is -1.44. The average Bonchev–Trinajstić information content (AvgIpc) is 2.93. The highest BCUT2D eigenvalue weighted by Gasteiger charge is 2.22. The zero-order valence-electron chi connectivity index (χ0n) is 24.8. The van der Waals surface area contributed by atoms with Crippen LogP contribution in [0, 0.1) is 0 Å². The molecule has 2 aromatic rings. The normalized spacial score (nSPS) is 13.6. The van der Waals surface area contributed by atoms with Crippen LogP contribution in [0.2, 0.25) is 0 Å². The SMILES string of the molecule is CCCC(C)OC(=O)Oc1ccc(C[C@H](N)C(=O)OC[C@H](C)OC(=O)c2ccccc2)cc1OC(=O)OC(C)CCC. The zero-order chi connectivity index (χ0) is 31.1. The van der Waals surface area contributed by atoms with Crippen molar-refractivity contribution in [1.82, 2.24) is 0 Å². The fourth-order valence-electron chi connectivity index (χ4n) is 3.83. The van der Waals surface area contributed by atoms with Crippen LogP contribution in [0.1, 0.15) is 76.2 Å². The minimum Gasteiger partial charge on any atom is -0.461 e. The van der Waals surface area contributed by atoms with Crippen molar-refractivity contribution in [3.63, 3.8) is 0 Å². The molecule has 0 heterocycles. The number of hydrogen-bond acceptors (Lipinski definition) is 11. The van der Waals surface area contributed by atoms with E-state index in [1.165, 1.54) is 12.1 Å². The maximum Gasteiger partial charge on any atom is 0.514 e. The summed E-state index contributed by atoms with van der Waals surface area (Å²) in [4.78, 5) is 49.4. The van der Waals surface area contributed by atoms with Crippen molar-refractivity contribution in [2.75, 3.05) is 6.61 Å². The zero-order valence-corrected chi connectivity index (χ0v) is 24.8. The fraction of sp³-hybridized carbons (Fsp3) is 0.484. The highest BCUT2D eigenvalue weighted by Crippen LogP contribution is 2.30. The van der Waals surface area contributed by atoms with Gasteiger partial charge in [0.05, 0.1) is 5.56 Å². The van der Waals surface area contributed by atoms with Gasteiger partial charge in [0.1, 0.15) is 31.0 Å². The second-order valence-electron chi connectivity index (χ2n) is 9.94. The molecule has 0 radical (unpaired) electrons. The summed E-state index contributed by atoms with van der Waals surface area (Å²) in [6.45, 7) is 8.80. The predicted octanol–water partition coefficient (Wildman–Crippen LogP) is 5.75. The van der Waals surface area contributed by atoms with E-state index in [9.17, 15) is 19.2 Å². The molecule has 11 nitrogen and oxygen atoms in total. The second-order valence-corrected chi connectivity index (χ2v) is 9.94. The summed E-state index contributed by atoms with van der Waals surface area (Å²) in [6.07, 6.45) is -0.451. The van der Waals surface area contributed by atoms with Crippen molar-refractivity contribution >= 4 is 24.2 Å². The van der Waals surface area contributed by atoms with E-state index in [1.807, 2.05) is 13.8 Å². The topological polar surface area (TPSA) is 150 Å². The van der Waals surface area contributed by atoms with Crippen molar-refractivity contribution < 1.29 is 47.6 Å². The summed E-state index contributed by atoms with van der Waals surface area (Å²) in [7, 11) is 0. The Labute approximate surface area is 246 Å². The third-order valence-electron chi connectivity index (χ3n) is 5.92. The summed E-state index contributed by atoms with van der Waals surface area (Å²) in [5, 5.41) is 0. The van der Waals surface area contributed by atoms with Gasteiger partial charge in [-0.2, -0.15) is 0 Å². The lowest BCUT2D eigenvalue weighted by molar-refractivity contribution is -0.148. The first-order chi connectivity index (χ1) is 20.0. The molecule has 0 bridgehead atoms. The van der Waals surface area contributed by atoms with Crippen molar-refractivity contribution in [2.24, 2.45) is 5.73 Å². The molecule has 0 aliphatic heterocycles. The molecule has 0 fully saturated rings. The number of esters is 2. The number of carbonyl (C=O) groups excluding carboxylic acids is 4. The molecule has 0 saturated carbocycles. The van der Waals surface area contributed by atoms with E-state index in [2.05, 4.69) is 0 Å². The third kappa shape index (κ3) is 12.2. The number of ether oxygens (including phenoxy) is 6. The fourth-order valence-corrected chi connectivity index (χ4v) is 3.83. The van der Waals surface area contributed by atoms with Crippen LogP contribution in [0.3, 0.4) is 0 Å². The summed E-state index contributed by atoms with van der Waals surface area (Å²) < 4.78 is 31.7. The molecule has 0 saturated heterocycles. The highest BCUT2D eigenvalue weighted by molar-refractivity contribution is 5.89. The molecule has 230 valence electrons. The minimum atomic E-state index is -1.09. The monoisotopic (exact) mass is 587 g/mol. The van der Waals surface area contributed by atoms with E-state index in [0.717, 1.165) is 12.8 Å². The van der Waals surface area contributed by atoms with Gasteiger partial charge in [-0.3, -0.25) is 4.79 Å². The molecule has 0 aliphatic rings. The standard InChI is InChI=1S/C31H41NO10/c1-6-11-20(3)39-30(35)41-26-16-15-23(18-27(26)42-31(36)40-21(4)12-7-2)17-25(32)29(34)37-19-22(5)38-28(33)24-13-9-8-10-14-24/h8-10,13-16,18,20-22,25H,6-7,11-12,17,19,32H2,1-5H3/t20?,21?,22-,25-/m0/s1. The molecule has 0 spiro atoms. The van der Waals surface area contributed by atoms with E-state index in [4.69, 9.17) is 34.2 Å². The van der Waals surface area contributed by atoms with Gasteiger partial charge >= 0.3 is 24.2 Å². The van der Waals surface area contributed by atoms with Crippen molar-refractivity contribution in [1.29, 1.82) is 0 Å². The van der Waals surface area contributed by atoms with Crippen molar-refractivity contribution in [3.05, 3.63) is 59.7 Å². The van der Waals surface area contributed by atoms with Gasteiger partial charge < -0.3 is 34.2 Å². The van der Waals surface area contributed by atoms with Gasteiger partial charge in [-0.25, -0.2) is 14.4 Å². The van der Waals surface area contributed by atoms with Crippen LogP contribution in [0.5, 0.6) is 11.5 Å². The van der Waals surface area contributed by atoms with Crippen molar-refractivity contribution in [2.45, 2.75) is 91.1 Å². The summed E-state index contributed by atoms with van der Waals surface area (Å²) in [6, 6.07) is 11.7. The molecule has 0 amide bonds. The first-order valence-electron chi connectivity index (χ1n) is 14.1. The lowest BCUT2D eigenvalue weighted by Gasteiger charge is -2.17. The molecule has 0 aliphatic carbocycles. The Morgan fingerprint density at radius 3 is 1.88 bits per heavy atom. The van der Waals surface area contributed by atoms with Crippen molar-refractivity contribution in [3.8, 4) is 11.5 Å². The number of benzene rings is 2. The van der Waals surface area contributed by atoms with E-state index in [0.29, 0.717) is 24.0 Å². The largest absolute Gasteiger partial charge is 0.514 e. The average molecular weight is 588 g/mol. The molecule has 0 aromatic heterocycles. The van der Waals surface area contributed by atoms with Crippen LogP contribution in [0.15, 0.2) is 48.5 Å². The molecule has 42 heavy (non-hydrogen) atoms. The van der Waals surface area contributed by atoms with E-state index in [1.54, 1.807) is 57.2 Å². The quantitative estimate of drug-likeness (QED) is 0.154. The molecular formula is C31H41NO10. The van der Waals surface area contributed by atoms with Gasteiger partial charge in [-0.15, -0.1) is 0 Å². The lowest BCUT2D eigenvalue weighted by atomic mass is 10.1. The Bertz CT molecular complexity index is 1170. The van der Waals surface area contributed by atoms with Crippen LogP contribution in [0.25, 0.3) is 0 Å². The summed E-state index contributed by atoms with van der Waals surface area (Å²) >= 11 is 0. The number of hydrogen-bond donors (Lipinski definition) is 1. The molecule has 2 rings (SSSR count). The highest BCUT2D eigenvalue weighted by atomic mass is 16.7.